The summed E-state index contributed by atoms with van der Waals surface area (Å²) in [5.74, 6) is 0.495. The van der Waals surface area contributed by atoms with Crippen LogP contribution >= 0.6 is 0 Å². The first-order chi connectivity index (χ1) is 10.3. The maximum absolute atomic E-state index is 6.44. The van der Waals surface area contributed by atoms with E-state index in [4.69, 9.17) is 15.6 Å². The lowest BCUT2D eigenvalue weighted by Crippen LogP contribution is -2.37. The van der Waals surface area contributed by atoms with Crippen molar-refractivity contribution in [1.29, 1.82) is 0 Å². The average Bonchev–Trinajstić information content (AvgIpc) is 3.16. The van der Waals surface area contributed by atoms with Gasteiger partial charge in [-0.15, -0.1) is 0 Å². The monoisotopic (exact) mass is 291 g/mol. The highest BCUT2D eigenvalue weighted by Gasteiger charge is 2.32. The molecule has 1 aliphatic carbocycles. The second-order valence-corrected chi connectivity index (χ2v) is 6.72. The average molecular weight is 291 g/mol. The summed E-state index contributed by atoms with van der Waals surface area (Å²) in [5, 5.41) is 4.79. The molecule has 4 heteroatoms. The number of hydrogen-bond donors (Lipinski definition) is 1. The fraction of sp³-hybridized carbons (Fsp3) is 0.824. The number of hydrogen-bond acceptors (Lipinski definition) is 3. The minimum atomic E-state index is 0.173. The minimum Gasteiger partial charge on any atom is -0.378 e. The Morgan fingerprint density at radius 1 is 1.33 bits per heavy atom. The molecule has 4 nitrogen and oxygen atoms in total. The van der Waals surface area contributed by atoms with Crippen LogP contribution < -0.4 is 5.73 Å². The van der Waals surface area contributed by atoms with Gasteiger partial charge in [0.15, 0.2) is 0 Å². The van der Waals surface area contributed by atoms with Crippen molar-refractivity contribution in [2.75, 3.05) is 6.61 Å². The summed E-state index contributed by atoms with van der Waals surface area (Å²) < 4.78 is 7.95. The lowest BCUT2D eigenvalue weighted by molar-refractivity contribution is 0.0813. The molecule has 0 bridgehead atoms. The highest BCUT2D eigenvalue weighted by molar-refractivity contribution is 5.04. The summed E-state index contributed by atoms with van der Waals surface area (Å²) in [6.45, 7) is 3.06. The van der Waals surface area contributed by atoms with E-state index in [9.17, 15) is 0 Å². The van der Waals surface area contributed by atoms with E-state index in [1.807, 2.05) is 0 Å². The molecule has 1 aromatic heterocycles. The van der Waals surface area contributed by atoms with Gasteiger partial charge in [-0.05, 0) is 31.7 Å². The molecular formula is C17H29N3O. The number of nitrogens with two attached hydrogens (primary N) is 1. The van der Waals surface area contributed by atoms with Crippen LogP contribution in [0.2, 0.25) is 0 Å². The molecule has 21 heavy (non-hydrogen) atoms. The third-order valence-electron chi connectivity index (χ3n) is 5.27. The maximum Gasteiger partial charge on any atom is 0.0640 e. The summed E-state index contributed by atoms with van der Waals surface area (Å²) in [4.78, 5) is 0. The van der Waals surface area contributed by atoms with Gasteiger partial charge in [0, 0.05) is 31.2 Å². The van der Waals surface area contributed by atoms with Gasteiger partial charge in [-0.3, -0.25) is 4.68 Å². The third kappa shape index (κ3) is 3.49. The second kappa shape index (κ2) is 6.93. The summed E-state index contributed by atoms with van der Waals surface area (Å²) in [6.07, 6.45) is 12.2. The van der Waals surface area contributed by atoms with Crippen molar-refractivity contribution in [3.05, 3.63) is 18.0 Å². The standard InChI is InChI=1S/C17H29N3O/c1-2-17-15(9-11-21-17)16(18)12-13-8-10-20(19-13)14-6-4-3-5-7-14/h8,10,14-17H,2-7,9,11-12,18H2,1H3. The number of rotatable bonds is 5. The Morgan fingerprint density at radius 2 is 2.14 bits per heavy atom. The maximum atomic E-state index is 6.44. The van der Waals surface area contributed by atoms with Crippen LogP contribution in [0.5, 0.6) is 0 Å². The lowest BCUT2D eigenvalue weighted by atomic mass is 9.89. The highest BCUT2D eigenvalue weighted by Crippen LogP contribution is 2.29. The molecule has 2 fully saturated rings. The zero-order valence-electron chi connectivity index (χ0n) is 13.2. The Labute approximate surface area is 128 Å². The Morgan fingerprint density at radius 3 is 2.90 bits per heavy atom. The first-order valence-electron chi connectivity index (χ1n) is 8.69. The van der Waals surface area contributed by atoms with E-state index in [1.54, 1.807) is 0 Å². The molecule has 2 heterocycles. The van der Waals surface area contributed by atoms with Crippen LogP contribution in [-0.4, -0.2) is 28.5 Å². The van der Waals surface area contributed by atoms with Crippen molar-refractivity contribution >= 4 is 0 Å². The first kappa shape index (κ1) is 15.0. The van der Waals surface area contributed by atoms with E-state index in [2.05, 4.69) is 23.9 Å². The van der Waals surface area contributed by atoms with Crippen LogP contribution in [0.25, 0.3) is 0 Å². The van der Waals surface area contributed by atoms with Gasteiger partial charge in [-0.2, -0.15) is 5.10 Å². The lowest BCUT2D eigenvalue weighted by Gasteiger charge is -2.23. The molecule has 0 spiro atoms. The number of nitrogens with zero attached hydrogens (tertiary/aromatic N) is 2. The molecule has 1 aromatic rings. The minimum absolute atomic E-state index is 0.173. The molecule has 3 rings (SSSR count). The van der Waals surface area contributed by atoms with Gasteiger partial charge in [0.2, 0.25) is 0 Å². The summed E-state index contributed by atoms with van der Waals surface area (Å²) in [6, 6.07) is 2.94. The molecule has 2 aliphatic rings. The Hall–Kier alpha value is -0.870. The van der Waals surface area contributed by atoms with Crippen LogP contribution in [0.3, 0.4) is 0 Å². The highest BCUT2D eigenvalue weighted by atomic mass is 16.5. The Balaban J connectivity index is 1.58. The van der Waals surface area contributed by atoms with Crippen molar-refractivity contribution in [2.24, 2.45) is 11.7 Å². The van der Waals surface area contributed by atoms with Crippen molar-refractivity contribution < 1.29 is 4.74 Å². The van der Waals surface area contributed by atoms with E-state index >= 15 is 0 Å². The summed E-state index contributed by atoms with van der Waals surface area (Å²) >= 11 is 0. The van der Waals surface area contributed by atoms with Crippen LogP contribution in [0.15, 0.2) is 12.3 Å². The molecule has 0 radical (unpaired) electrons. The van der Waals surface area contributed by atoms with Crippen LogP contribution in [0.4, 0.5) is 0 Å². The zero-order chi connectivity index (χ0) is 14.7. The topological polar surface area (TPSA) is 53.1 Å². The van der Waals surface area contributed by atoms with Crippen molar-refractivity contribution in [3.63, 3.8) is 0 Å². The molecule has 3 unspecified atom stereocenters. The van der Waals surface area contributed by atoms with Gasteiger partial charge in [0.25, 0.3) is 0 Å². The third-order valence-corrected chi connectivity index (χ3v) is 5.27. The Kier molecular flexibility index (Phi) is 4.96. The van der Waals surface area contributed by atoms with Gasteiger partial charge in [0.05, 0.1) is 17.8 Å². The molecule has 0 aromatic carbocycles. The van der Waals surface area contributed by atoms with Gasteiger partial charge in [-0.25, -0.2) is 0 Å². The van der Waals surface area contributed by atoms with Gasteiger partial charge < -0.3 is 10.5 Å². The van der Waals surface area contributed by atoms with Crippen molar-refractivity contribution in [2.45, 2.75) is 76.5 Å². The van der Waals surface area contributed by atoms with E-state index in [1.165, 1.54) is 32.1 Å². The molecule has 1 saturated carbocycles. The van der Waals surface area contributed by atoms with Gasteiger partial charge in [0.1, 0.15) is 0 Å². The van der Waals surface area contributed by atoms with E-state index in [-0.39, 0.29) is 6.04 Å². The summed E-state index contributed by atoms with van der Waals surface area (Å²) in [5.41, 5.74) is 7.58. The quantitative estimate of drug-likeness (QED) is 0.907. The van der Waals surface area contributed by atoms with Crippen LogP contribution in [0, 0.1) is 5.92 Å². The SMILES string of the molecule is CCC1OCCC1C(N)Cc1ccn(C2CCCCC2)n1. The molecule has 1 saturated heterocycles. The van der Waals surface area contributed by atoms with E-state index < -0.39 is 0 Å². The molecule has 118 valence electrons. The van der Waals surface area contributed by atoms with Crippen LogP contribution in [-0.2, 0) is 11.2 Å². The Bertz CT molecular complexity index is 439. The molecule has 3 atom stereocenters. The van der Waals surface area contributed by atoms with Crippen molar-refractivity contribution in [1.82, 2.24) is 9.78 Å². The van der Waals surface area contributed by atoms with Gasteiger partial charge >= 0.3 is 0 Å². The molecular weight excluding hydrogens is 262 g/mol. The van der Waals surface area contributed by atoms with E-state index in [0.717, 1.165) is 31.6 Å². The fourth-order valence-electron chi connectivity index (χ4n) is 4.00. The summed E-state index contributed by atoms with van der Waals surface area (Å²) in [7, 11) is 0. The van der Waals surface area contributed by atoms with Crippen molar-refractivity contribution in [3.8, 4) is 0 Å². The predicted octanol–water partition coefficient (Wildman–Crippen LogP) is 3.07. The normalized spacial score (nSPS) is 28.9. The van der Waals surface area contributed by atoms with Crippen LogP contribution in [0.1, 0.15) is 63.6 Å². The number of ether oxygens (including phenoxy) is 1. The number of aromatic nitrogens is 2. The second-order valence-electron chi connectivity index (χ2n) is 6.72. The zero-order valence-corrected chi connectivity index (χ0v) is 13.2. The van der Waals surface area contributed by atoms with Gasteiger partial charge in [-0.1, -0.05) is 26.2 Å². The predicted molar refractivity (Wildman–Crippen MR) is 84.2 cm³/mol. The fourth-order valence-corrected chi connectivity index (χ4v) is 4.00. The van der Waals surface area contributed by atoms with E-state index in [0.29, 0.717) is 18.1 Å². The smallest absolute Gasteiger partial charge is 0.0640 e. The molecule has 2 N–H and O–H groups in total. The largest absolute Gasteiger partial charge is 0.378 e. The molecule has 1 aliphatic heterocycles. The molecule has 0 amide bonds. The first-order valence-corrected chi connectivity index (χ1v) is 8.69.